The van der Waals surface area contributed by atoms with Crippen molar-refractivity contribution in [1.82, 2.24) is 0 Å². The molecule has 0 aliphatic heterocycles. The van der Waals surface area contributed by atoms with Gasteiger partial charge in [0.05, 0.1) is 0 Å². The van der Waals surface area contributed by atoms with Crippen molar-refractivity contribution in [1.29, 1.82) is 0 Å². The van der Waals surface area contributed by atoms with Crippen molar-refractivity contribution in [3.05, 3.63) is 120 Å². The van der Waals surface area contributed by atoms with Gasteiger partial charge in [0, 0.05) is 0 Å². The molecular weight excluding hydrogens is 424 g/mol. The van der Waals surface area contributed by atoms with E-state index in [-0.39, 0.29) is 40.1 Å². The second-order valence-corrected chi connectivity index (χ2v) is 5.53. The Morgan fingerprint density at radius 3 is 1.14 bits per heavy atom. The van der Waals surface area contributed by atoms with Gasteiger partial charge in [-0.2, -0.15) is 72.5 Å². The fraction of sp³-hybridized carbons (Fsp3) is 0.0769. The van der Waals surface area contributed by atoms with Crippen LogP contribution in [0.4, 0.5) is 0 Å². The van der Waals surface area contributed by atoms with Gasteiger partial charge in [0.1, 0.15) is 0 Å². The maximum absolute atomic E-state index is 3.12. The Bertz CT molecular complexity index is 774. The standard InChI is InChI=1S/C16H12.2C5H5.2Fe/c1-14(10-12-15-6-2-3-7-15)11-13-16-8-4-5-9-16;2*1-2-4-5-3-1;;/h2-9,14H,1H3;2*1-5H;;/q-2;2*-1;2*+2. The van der Waals surface area contributed by atoms with Crippen LogP contribution in [0, 0.1) is 29.6 Å². The zero-order valence-corrected chi connectivity index (χ0v) is 17.9. The minimum Gasteiger partial charge on any atom is -0.214 e. The van der Waals surface area contributed by atoms with E-state index < -0.39 is 0 Å². The van der Waals surface area contributed by atoms with Crippen LogP contribution in [-0.2, 0) is 34.1 Å². The van der Waals surface area contributed by atoms with E-state index in [1.165, 1.54) is 0 Å². The predicted molar refractivity (Wildman–Crippen MR) is 111 cm³/mol. The fourth-order valence-electron chi connectivity index (χ4n) is 1.98. The van der Waals surface area contributed by atoms with Gasteiger partial charge >= 0.3 is 34.1 Å². The summed E-state index contributed by atoms with van der Waals surface area (Å²) in [4.78, 5) is 0. The molecule has 0 fully saturated rings. The molecule has 28 heavy (non-hydrogen) atoms. The molecule has 2 heteroatoms. The van der Waals surface area contributed by atoms with Crippen LogP contribution in [0.25, 0.3) is 0 Å². The van der Waals surface area contributed by atoms with Crippen LogP contribution in [0.3, 0.4) is 0 Å². The first-order valence-electron chi connectivity index (χ1n) is 8.64. The zero-order valence-electron chi connectivity index (χ0n) is 15.7. The van der Waals surface area contributed by atoms with E-state index in [1.54, 1.807) is 0 Å². The third-order valence-corrected chi connectivity index (χ3v) is 3.30. The van der Waals surface area contributed by atoms with Crippen molar-refractivity contribution < 1.29 is 34.1 Å². The fourth-order valence-corrected chi connectivity index (χ4v) is 1.98. The molecule has 0 heterocycles. The van der Waals surface area contributed by atoms with Gasteiger partial charge in [0.2, 0.25) is 0 Å². The Hall–Kier alpha value is -2.44. The number of hydrogen-bond donors (Lipinski definition) is 0. The maximum Gasteiger partial charge on any atom is 2.00 e. The third kappa shape index (κ3) is 12.0. The summed E-state index contributed by atoms with van der Waals surface area (Å²) < 4.78 is 0. The average Bonchev–Trinajstić information content (AvgIpc) is 3.49. The van der Waals surface area contributed by atoms with E-state index >= 15 is 0 Å². The summed E-state index contributed by atoms with van der Waals surface area (Å²) in [5, 5.41) is 0. The normalized spacial score (nSPS) is 8.07. The molecule has 4 aromatic rings. The van der Waals surface area contributed by atoms with Crippen molar-refractivity contribution in [3.63, 3.8) is 0 Å². The van der Waals surface area contributed by atoms with Crippen LogP contribution in [-0.4, -0.2) is 0 Å². The molecule has 4 rings (SSSR count). The second-order valence-electron chi connectivity index (χ2n) is 5.53. The van der Waals surface area contributed by atoms with Gasteiger partial charge in [-0.1, -0.05) is 18.1 Å². The molecule has 4 aromatic carbocycles. The molecule has 0 radical (unpaired) electrons. The van der Waals surface area contributed by atoms with Crippen molar-refractivity contribution in [3.8, 4) is 23.7 Å². The molecule has 0 saturated carbocycles. The first-order chi connectivity index (χ1) is 12.8. The van der Waals surface area contributed by atoms with Crippen molar-refractivity contribution in [2.24, 2.45) is 5.92 Å². The van der Waals surface area contributed by atoms with E-state index in [4.69, 9.17) is 0 Å². The van der Waals surface area contributed by atoms with E-state index in [0.717, 1.165) is 11.1 Å². The molecule has 0 nitrogen and oxygen atoms in total. The van der Waals surface area contributed by atoms with Gasteiger partial charge in [-0.05, 0) is 5.92 Å². The summed E-state index contributed by atoms with van der Waals surface area (Å²) in [5.74, 6) is 12.6. The summed E-state index contributed by atoms with van der Waals surface area (Å²) in [6.45, 7) is 2.02. The average molecular weight is 446 g/mol. The maximum atomic E-state index is 3.12. The predicted octanol–water partition coefficient (Wildman–Crippen LogP) is 5.97. The van der Waals surface area contributed by atoms with Gasteiger partial charge in [0.25, 0.3) is 0 Å². The summed E-state index contributed by atoms with van der Waals surface area (Å²) in [5.41, 5.74) is 2.11. The van der Waals surface area contributed by atoms with Crippen molar-refractivity contribution in [2.45, 2.75) is 6.92 Å². The molecule has 0 amide bonds. The minimum absolute atomic E-state index is 0. The smallest absolute Gasteiger partial charge is 0.214 e. The molecule has 0 atom stereocenters. The molecular formula is C26H22Fe2. The van der Waals surface area contributed by atoms with Gasteiger partial charge in [-0.15, -0.1) is 24.3 Å². The molecule has 0 N–H and O–H groups in total. The van der Waals surface area contributed by atoms with Crippen LogP contribution < -0.4 is 0 Å². The molecule has 142 valence electrons. The largest absolute Gasteiger partial charge is 2.00 e. The van der Waals surface area contributed by atoms with E-state index in [1.807, 2.05) is 116 Å². The molecule has 0 aliphatic carbocycles. The Morgan fingerprint density at radius 2 is 0.893 bits per heavy atom. The SMILES string of the molecule is CC(C#C[c-]1cccc1)C#C[c-]1cccc1.[Fe+2].[Fe+2].c1cc[cH-]c1.c1cc[cH-]c1. The Morgan fingerprint density at radius 1 is 0.571 bits per heavy atom. The van der Waals surface area contributed by atoms with Crippen LogP contribution in [0.1, 0.15) is 18.1 Å². The summed E-state index contributed by atoms with van der Waals surface area (Å²) in [7, 11) is 0. The summed E-state index contributed by atoms with van der Waals surface area (Å²) in [6, 6.07) is 36.0. The van der Waals surface area contributed by atoms with E-state index in [2.05, 4.69) is 23.7 Å². The molecule has 0 bridgehead atoms. The summed E-state index contributed by atoms with van der Waals surface area (Å²) in [6.07, 6.45) is 0. The minimum atomic E-state index is 0. The van der Waals surface area contributed by atoms with Gasteiger partial charge in [-0.3, -0.25) is 0 Å². The van der Waals surface area contributed by atoms with Crippen LogP contribution in [0.2, 0.25) is 0 Å². The molecule has 0 aliphatic rings. The van der Waals surface area contributed by atoms with Crippen molar-refractivity contribution in [2.75, 3.05) is 0 Å². The first kappa shape index (κ1) is 25.6. The van der Waals surface area contributed by atoms with Crippen molar-refractivity contribution >= 4 is 0 Å². The third-order valence-electron chi connectivity index (χ3n) is 3.30. The van der Waals surface area contributed by atoms with Crippen LogP contribution in [0.5, 0.6) is 0 Å². The zero-order chi connectivity index (χ0) is 18.3. The monoisotopic (exact) mass is 446 g/mol. The summed E-state index contributed by atoms with van der Waals surface area (Å²) >= 11 is 0. The van der Waals surface area contributed by atoms with Crippen LogP contribution in [0.15, 0.2) is 109 Å². The van der Waals surface area contributed by atoms with Gasteiger partial charge < -0.3 is 0 Å². The number of rotatable bonds is 0. The Kier molecular flexibility index (Phi) is 15.3. The van der Waals surface area contributed by atoms with E-state index in [9.17, 15) is 0 Å². The molecule has 0 aromatic heterocycles. The molecule has 0 spiro atoms. The Labute approximate surface area is 190 Å². The molecule has 0 unspecified atom stereocenters. The quantitative estimate of drug-likeness (QED) is 0.178. The van der Waals surface area contributed by atoms with Gasteiger partial charge in [0.15, 0.2) is 0 Å². The van der Waals surface area contributed by atoms with E-state index in [0.29, 0.717) is 0 Å². The van der Waals surface area contributed by atoms with Gasteiger partial charge in [-0.25, -0.2) is 36.1 Å². The Balaban J connectivity index is 0.000000500. The molecule has 0 saturated heterocycles. The van der Waals surface area contributed by atoms with Crippen LogP contribution >= 0.6 is 0 Å². The number of hydrogen-bond acceptors (Lipinski definition) is 0. The second kappa shape index (κ2) is 16.7. The first-order valence-corrected chi connectivity index (χ1v) is 8.64. The topological polar surface area (TPSA) is 0 Å².